The number of amides is 1. The Hall–Kier alpha value is -2.44. The Morgan fingerprint density at radius 1 is 1.32 bits per heavy atom. The Labute approximate surface area is 163 Å². The number of aryl methyl sites for hydroxylation is 1. The Balaban J connectivity index is 1.61. The molecule has 2 heterocycles. The molecule has 0 saturated carbocycles. The summed E-state index contributed by atoms with van der Waals surface area (Å²) < 4.78 is 20.0. The first kappa shape index (κ1) is 18.9. The molecule has 4 rings (SSSR count). The predicted octanol–water partition coefficient (Wildman–Crippen LogP) is 3.03. The third-order valence-electron chi connectivity index (χ3n) is 5.52. The van der Waals surface area contributed by atoms with Crippen molar-refractivity contribution in [3.05, 3.63) is 64.5 Å². The highest BCUT2D eigenvalue weighted by atomic mass is 19.1. The van der Waals surface area contributed by atoms with Crippen LogP contribution in [0.25, 0.3) is 0 Å². The van der Waals surface area contributed by atoms with Crippen molar-refractivity contribution in [2.75, 3.05) is 25.1 Å². The summed E-state index contributed by atoms with van der Waals surface area (Å²) in [6, 6.07) is 11.1. The van der Waals surface area contributed by atoms with Gasteiger partial charge in [0.15, 0.2) is 0 Å². The quantitative estimate of drug-likeness (QED) is 0.741. The van der Waals surface area contributed by atoms with E-state index in [0.29, 0.717) is 6.61 Å². The van der Waals surface area contributed by atoms with Crippen molar-refractivity contribution in [1.29, 1.82) is 0 Å². The number of hydrogen-bond acceptors (Lipinski definition) is 4. The maximum Gasteiger partial charge on any atom is 0.224 e. The van der Waals surface area contributed by atoms with Gasteiger partial charge in [0.1, 0.15) is 5.82 Å². The molecule has 1 saturated heterocycles. The van der Waals surface area contributed by atoms with Gasteiger partial charge in [0.25, 0.3) is 0 Å². The number of carbonyl (C=O) groups excluding carboxylic acids is 1. The van der Waals surface area contributed by atoms with Crippen molar-refractivity contribution < 1.29 is 19.0 Å². The lowest BCUT2D eigenvalue weighted by Gasteiger charge is -2.37. The summed E-state index contributed by atoms with van der Waals surface area (Å²) in [6.07, 6.45) is 1.10. The van der Waals surface area contributed by atoms with E-state index in [1.165, 1.54) is 6.07 Å². The molecule has 0 spiro atoms. The third-order valence-corrected chi connectivity index (χ3v) is 5.52. The van der Waals surface area contributed by atoms with Gasteiger partial charge in [0.05, 0.1) is 25.2 Å². The number of carbonyl (C=O) groups is 1. The first-order chi connectivity index (χ1) is 13.5. The van der Waals surface area contributed by atoms with Gasteiger partial charge in [-0.15, -0.1) is 0 Å². The second kappa shape index (κ2) is 7.89. The summed E-state index contributed by atoms with van der Waals surface area (Å²) in [5.74, 6) is -0.121. The molecule has 3 N–H and O–H groups in total. The molecular formula is C22H25FN2O3. The van der Waals surface area contributed by atoms with Gasteiger partial charge in [-0.25, -0.2) is 4.39 Å². The second-order valence-corrected chi connectivity index (χ2v) is 7.60. The summed E-state index contributed by atoms with van der Waals surface area (Å²) in [5, 5.41) is 15.1. The summed E-state index contributed by atoms with van der Waals surface area (Å²) in [5.41, 5.74) is 4.78. The van der Waals surface area contributed by atoms with E-state index in [4.69, 9.17) is 9.84 Å². The van der Waals surface area contributed by atoms with Gasteiger partial charge < -0.3 is 20.5 Å². The molecule has 148 valence electrons. The molecule has 0 aromatic heterocycles. The zero-order chi connectivity index (χ0) is 19.7. The molecule has 0 unspecified atom stereocenters. The second-order valence-electron chi connectivity index (χ2n) is 7.60. The molecule has 0 radical (unpaired) electrons. The minimum Gasteiger partial charge on any atom is -0.395 e. The molecule has 3 atom stereocenters. The Bertz CT molecular complexity index is 866. The zero-order valence-electron chi connectivity index (χ0n) is 15.9. The first-order valence-corrected chi connectivity index (χ1v) is 9.71. The molecule has 5 nitrogen and oxygen atoms in total. The van der Waals surface area contributed by atoms with Gasteiger partial charge in [-0.1, -0.05) is 18.2 Å². The van der Waals surface area contributed by atoms with Gasteiger partial charge >= 0.3 is 0 Å². The van der Waals surface area contributed by atoms with Gasteiger partial charge in [-0.05, 0) is 48.2 Å². The maximum absolute atomic E-state index is 14.0. The van der Waals surface area contributed by atoms with E-state index < -0.39 is 0 Å². The van der Waals surface area contributed by atoms with E-state index in [9.17, 15) is 9.18 Å². The van der Waals surface area contributed by atoms with Crippen molar-refractivity contribution in [2.24, 2.45) is 5.92 Å². The molecule has 1 amide bonds. The van der Waals surface area contributed by atoms with E-state index in [1.807, 2.05) is 31.2 Å². The number of hydrogen-bond donors (Lipinski definition) is 3. The van der Waals surface area contributed by atoms with Crippen LogP contribution in [0, 0.1) is 18.7 Å². The standard InChI is InChI=1S/C22H25FN2O3/c1-13-8-15(12-16(23)9-13)21-17-4-7-28-22(17)18-10-14(2-3-19(18)25-21)11-20(27)24-5-6-26/h2-3,8-10,12,17,21-22,25-26H,4-7,11H2,1H3,(H,24,27)/t17-,21-,22-/m1/s1. The molecule has 0 aliphatic carbocycles. The lowest BCUT2D eigenvalue weighted by atomic mass is 9.80. The average molecular weight is 384 g/mol. The molecule has 2 aliphatic rings. The number of rotatable bonds is 5. The first-order valence-electron chi connectivity index (χ1n) is 9.71. The Morgan fingerprint density at radius 3 is 2.96 bits per heavy atom. The summed E-state index contributed by atoms with van der Waals surface area (Å²) in [7, 11) is 0. The number of halogens is 1. The Morgan fingerprint density at radius 2 is 2.18 bits per heavy atom. The molecule has 2 aromatic carbocycles. The largest absolute Gasteiger partial charge is 0.395 e. The summed E-state index contributed by atoms with van der Waals surface area (Å²) in [4.78, 5) is 12.0. The number of ether oxygens (including phenoxy) is 1. The minimum atomic E-state index is -0.220. The van der Waals surface area contributed by atoms with Gasteiger partial charge in [-0.3, -0.25) is 4.79 Å². The number of aliphatic hydroxyl groups excluding tert-OH is 1. The van der Waals surface area contributed by atoms with Crippen LogP contribution in [0.4, 0.5) is 10.1 Å². The van der Waals surface area contributed by atoms with Crippen molar-refractivity contribution in [3.8, 4) is 0 Å². The van der Waals surface area contributed by atoms with E-state index in [2.05, 4.69) is 10.6 Å². The molecule has 0 bridgehead atoms. The van der Waals surface area contributed by atoms with Gasteiger partial charge in [0, 0.05) is 30.3 Å². The molecule has 2 aliphatic heterocycles. The predicted molar refractivity (Wildman–Crippen MR) is 105 cm³/mol. The fourth-order valence-corrected chi connectivity index (χ4v) is 4.35. The fraction of sp³-hybridized carbons (Fsp3) is 0.409. The van der Waals surface area contributed by atoms with Crippen LogP contribution in [-0.4, -0.2) is 30.8 Å². The van der Waals surface area contributed by atoms with Crippen LogP contribution in [0.15, 0.2) is 36.4 Å². The number of aliphatic hydroxyl groups is 1. The van der Waals surface area contributed by atoms with E-state index in [1.54, 1.807) is 6.07 Å². The minimum absolute atomic E-state index is 0.00639. The summed E-state index contributed by atoms with van der Waals surface area (Å²) >= 11 is 0. The van der Waals surface area contributed by atoms with Gasteiger partial charge in [-0.2, -0.15) is 0 Å². The smallest absolute Gasteiger partial charge is 0.224 e. The van der Waals surface area contributed by atoms with Crippen molar-refractivity contribution in [3.63, 3.8) is 0 Å². The number of benzene rings is 2. The monoisotopic (exact) mass is 384 g/mol. The van der Waals surface area contributed by atoms with Crippen molar-refractivity contribution >= 4 is 11.6 Å². The van der Waals surface area contributed by atoms with E-state index >= 15 is 0 Å². The van der Waals surface area contributed by atoms with Crippen molar-refractivity contribution in [2.45, 2.75) is 31.9 Å². The number of anilines is 1. The molecular weight excluding hydrogens is 359 g/mol. The topological polar surface area (TPSA) is 70.6 Å². The summed E-state index contributed by atoms with van der Waals surface area (Å²) in [6.45, 7) is 2.76. The van der Waals surface area contributed by atoms with Crippen LogP contribution in [0.3, 0.4) is 0 Å². The highest BCUT2D eigenvalue weighted by Crippen LogP contribution is 2.50. The third kappa shape index (κ3) is 3.75. The van der Waals surface area contributed by atoms with Crippen LogP contribution in [0.5, 0.6) is 0 Å². The lowest BCUT2D eigenvalue weighted by Crippen LogP contribution is -2.30. The fourth-order valence-electron chi connectivity index (χ4n) is 4.35. The SMILES string of the molecule is Cc1cc(F)cc([C@H]2Nc3ccc(CC(=O)NCCO)cc3[C@@H]3OCC[C@H]23)c1. The molecule has 28 heavy (non-hydrogen) atoms. The molecule has 1 fully saturated rings. The van der Waals surface area contributed by atoms with Crippen LogP contribution < -0.4 is 10.6 Å². The zero-order valence-corrected chi connectivity index (χ0v) is 15.9. The average Bonchev–Trinajstić information content (AvgIpc) is 3.15. The van der Waals surface area contributed by atoms with E-state index in [0.717, 1.165) is 34.4 Å². The molecule has 6 heteroatoms. The highest BCUT2D eigenvalue weighted by molar-refractivity contribution is 5.79. The van der Waals surface area contributed by atoms with Crippen LogP contribution in [0.2, 0.25) is 0 Å². The Kier molecular flexibility index (Phi) is 5.33. The van der Waals surface area contributed by atoms with Crippen LogP contribution >= 0.6 is 0 Å². The number of nitrogens with one attached hydrogen (secondary N) is 2. The maximum atomic E-state index is 14.0. The molecule has 2 aromatic rings. The lowest BCUT2D eigenvalue weighted by molar-refractivity contribution is -0.120. The van der Waals surface area contributed by atoms with Gasteiger partial charge in [0.2, 0.25) is 5.91 Å². The number of fused-ring (bicyclic) bond motifs is 3. The highest BCUT2D eigenvalue weighted by Gasteiger charge is 2.41. The van der Waals surface area contributed by atoms with E-state index in [-0.39, 0.29) is 49.4 Å². The van der Waals surface area contributed by atoms with Crippen LogP contribution in [-0.2, 0) is 16.0 Å². The van der Waals surface area contributed by atoms with Crippen molar-refractivity contribution in [1.82, 2.24) is 5.32 Å². The normalized spacial score (nSPS) is 22.9. The van der Waals surface area contributed by atoms with Crippen LogP contribution in [0.1, 0.15) is 40.8 Å².